The minimum Gasteiger partial charge on any atom is -0.410 e. The van der Waals surface area contributed by atoms with Crippen LogP contribution in [0.5, 0.6) is 0 Å². The van der Waals surface area contributed by atoms with Gasteiger partial charge in [-0.15, -0.1) is 0 Å². The van der Waals surface area contributed by atoms with Gasteiger partial charge in [0, 0.05) is 7.05 Å². The maximum absolute atomic E-state index is 8.37. The summed E-state index contributed by atoms with van der Waals surface area (Å²) >= 11 is 5.58. The number of oxime groups is 1. The molecular weight excluding hydrogens is 166 g/mol. The molecule has 1 aromatic rings. The van der Waals surface area contributed by atoms with Gasteiger partial charge in [-0.25, -0.2) is 0 Å². The summed E-state index contributed by atoms with van der Waals surface area (Å²) in [4.78, 5) is 0. The van der Waals surface area contributed by atoms with E-state index in [0.29, 0.717) is 5.69 Å². The number of aromatic nitrogens is 2. The molecule has 60 valence electrons. The molecule has 0 saturated heterocycles. The smallest absolute Gasteiger partial charge is 0.193 e. The first kappa shape index (κ1) is 8.07. The second-order valence-electron chi connectivity index (χ2n) is 2.19. The van der Waals surface area contributed by atoms with Crippen LogP contribution >= 0.6 is 11.6 Å². The number of rotatable bonds is 1. The van der Waals surface area contributed by atoms with Crippen LogP contribution in [-0.4, -0.2) is 20.2 Å². The van der Waals surface area contributed by atoms with Gasteiger partial charge in [-0.2, -0.15) is 5.10 Å². The molecule has 0 bridgehead atoms. The van der Waals surface area contributed by atoms with Gasteiger partial charge in [-0.3, -0.25) is 4.68 Å². The van der Waals surface area contributed by atoms with Crippen molar-refractivity contribution in [2.24, 2.45) is 12.2 Å². The Morgan fingerprint density at radius 3 is 2.82 bits per heavy atom. The van der Waals surface area contributed by atoms with Crippen molar-refractivity contribution in [3.63, 3.8) is 0 Å². The highest BCUT2D eigenvalue weighted by Crippen LogP contribution is 2.09. The van der Waals surface area contributed by atoms with Crippen LogP contribution in [0, 0.1) is 6.92 Å². The molecule has 0 radical (unpaired) electrons. The zero-order chi connectivity index (χ0) is 8.43. The van der Waals surface area contributed by atoms with E-state index in [9.17, 15) is 0 Å². The van der Waals surface area contributed by atoms with Gasteiger partial charge in [0.05, 0.1) is 6.20 Å². The summed E-state index contributed by atoms with van der Waals surface area (Å²) in [5, 5.41) is 15.2. The fraction of sp³-hybridized carbons (Fsp3) is 0.333. The predicted octanol–water partition coefficient (Wildman–Crippen LogP) is 1.10. The largest absolute Gasteiger partial charge is 0.410 e. The van der Waals surface area contributed by atoms with E-state index in [-0.39, 0.29) is 5.17 Å². The van der Waals surface area contributed by atoms with Gasteiger partial charge in [0.1, 0.15) is 5.69 Å². The Kier molecular flexibility index (Phi) is 2.14. The maximum Gasteiger partial charge on any atom is 0.193 e. The van der Waals surface area contributed by atoms with Crippen molar-refractivity contribution in [2.45, 2.75) is 6.92 Å². The van der Waals surface area contributed by atoms with Crippen molar-refractivity contribution in [3.05, 3.63) is 17.5 Å². The van der Waals surface area contributed by atoms with Crippen molar-refractivity contribution in [2.75, 3.05) is 0 Å². The first-order valence-corrected chi connectivity index (χ1v) is 3.41. The van der Waals surface area contributed by atoms with E-state index in [0.717, 1.165) is 5.56 Å². The normalized spacial score (nSPS) is 12.1. The summed E-state index contributed by atoms with van der Waals surface area (Å²) in [7, 11) is 1.73. The highest BCUT2D eigenvalue weighted by molar-refractivity contribution is 6.69. The van der Waals surface area contributed by atoms with E-state index in [4.69, 9.17) is 16.8 Å². The summed E-state index contributed by atoms with van der Waals surface area (Å²) in [6, 6.07) is 0. The zero-order valence-corrected chi connectivity index (χ0v) is 7.00. The molecule has 0 amide bonds. The molecule has 0 fully saturated rings. The standard InChI is InChI=1S/C6H8ClN3O/c1-4-3-8-10(2)5(4)6(7)9-11/h3,11H,1-2H3/b9-6-. The molecule has 11 heavy (non-hydrogen) atoms. The van der Waals surface area contributed by atoms with Crippen LogP contribution in [0.4, 0.5) is 0 Å². The minimum atomic E-state index is 0.0579. The fourth-order valence-electron chi connectivity index (χ4n) is 0.891. The Bertz CT molecular complexity index is 273. The third-order valence-electron chi connectivity index (χ3n) is 1.40. The summed E-state index contributed by atoms with van der Waals surface area (Å²) in [6.45, 7) is 1.84. The Balaban J connectivity index is 3.21. The monoisotopic (exact) mass is 173 g/mol. The first-order chi connectivity index (χ1) is 5.16. The molecule has 0 aromatic carbocycles. The Morgan fingerprint density at radius 1 is 1.82 bits per heavy atom. The summed E-state index contributed by atoms with van der Waals surface area (Å²) in [5.74, 6) is 0. The molecule has 0 spiro atoms. The summed E-state index contributed by atoms with van der Waals surface area (Å²) in [6.07, 6.45) is 1.66. The molecule has 1 rings (SSSR count). The van der Waals surface area contributed by atoms with Crippen LogP contribution in [-0.2, 0) is 7.05 Å². The average molecular weight is 174 g/mol. The Morgan fingerprint density at radius 2 is 2.45 bits per heavy atom. The van der Waals surface area contributed by atoms with Crippen molar-refractivity contribution in [3.8, 4) is 0 Å². The highest BCUT2D eigenvalue weighted by Gasteiger charge is 2.09. The third-order valence-corrected chi connectivity index (χ3v) is 1.66. The Hall–Kier alpha value is -1.03. The average Bonchev–Trinajstić information content (AvgIpc) is 2.30. The lowest BCUT2D eigenvalue weighted by Crippen LogP contribution is -2.03. The Labute approximate surface area is 69.1 Å². The van der Waals surface area contributed by atoms with E-state index < -0.39 is 0 Å². The SMILES string of the molecule is Cc1cnn(C)c1/C(Cl)=N/O. The lowest BCUT2D eigenvalue weighted by atomic mass is 10.3. The van der Waals surface area contributed by atoms with Crippen molar-refractivity contribution < 1.29 is 5.21 Å². The molecule has 0 unspecified atom stereocenters. The van der Waals surface area contributed by atoms with Crippen molar-refractivity contribution in [1.29, 1.82) is 0 Å². The number of nitrogens with zero attached hydrogens (tertiary/aromatic N) is 3. The summed E-state index contributed by atoms with van der Waals surface area (Å²) < 4.78 is 1.55. The van der Waals surface area contributed by atoms with Gasteiger partial charge in [0.15, 0.2) is 5.17 Å². The van der Waals surface area contributed by atoms with E-state index in [2.05, 4.69) is 10.3 Å². The van der Waals surface area contributed by atoms with E-state index in [1.165, 1.54) is 0 Å². The van der Waals surface area contributed by atoms with E-state index in [1.54, 1.807) is 17.9 Å². The first-order valence-electron chi connectivity index (χ1n) is 3.03. The molecular formula is C6H8ClN3O. The molecule has 0 saturated carbocycles. The zero-order valence-electron chi connectivity index (χ0n) is 6.24. The summed E-state index contributed by atoms with van der Waals surface area (Å²) in [5.41, 5.74) is 1.52. The lowest BCUT2D eigenvalue weighted by molar-refractivity contribution is 0.320. The number of halogens is 1. The van der Waals surface area contributed by atoms with Crippen LogP contribution in [0.1, 0.15) is 11.3 Å². The molecule has 0 atom stereocenters. The van der Waals surface area contributed by atoms with Crippen LogP contribution < -0.4 is 0 Å². The van der Waals surface area contributed by atoms with Crippen LogP contribution in [0.2, 0.25) is 0 Å². The molecule has 0 aliphatic rings. The van der Waals surface area contributed by atoms with E-state index >= 15 is 0 Å². The molecule has 1 heterocycles. The van der Waals surface area contributed by atoms with Gasteiger partial charge >= 0.3 is 0 Å². The molecule has 4 nitrogen and oxygen atoms in total. The van der Waals surface area contributed by atoms with E-state index in [1.807, 2.05) is 6.92 Å². The predicted molar refractivity (Wildman–Crippen MR) is 42.1 cm³/mol. The quantitative estimate of drug-likeness (QED) is 0.393. The highest BCUT2D eigenvalue weighted by atomic mass is 35.5. The van der Waals surface area contributed by atoms with Gasteiger partial charge in [0.2, 0.25) is 0 Å². The minimum absolute atomic E-state index is 0.0579. The number of hydrogen-bond donors (Lipinski definition) is 1. The molecule has 5 heteroatoms. The molecule has 1 aromatic heterocycles. The molecule has 0 aliphatic heterocycles. The molecule has 0 aliphatic carbocycles. The second kappa shape index (κ2) is 2.92. The fourth-order valence-corrected chi connectivity index (χ4v) is 1.16. The van der Waals surface area contributed by atoms with Crippen LogP contribution in [0.15, 0.2) is 11.4 Å². The maximum atomic E-state index is 8.37. The third kappa shape index (κ3) is 1.35. The van der Waals surface area contributed by atoms with Gasteiger partial charge < -0.3 is 5.21 Å². The van der Waals surface area contributed by atoms with Gasteiger partial charge in [0.25, 0.3) is 0 Å². The second-order valence-corrected chi connectivity index (χ2v) is 2.55. The number of aryl methyl sites for hydroxylation is 2. The van der Waals surface area contributed by atoms with Gasteiger partial charge in [-0.05, 0) is 12.5 Å². The molecule has 1 N–H and O–H groups in total. The topological polar surface area (TPSA) is 50.4 Å². The number of hydrogen-bond acceptors (Lipinski definition) is 3. The van der Waals surface area contributed by atoms with Crippen LogP contribution in [0.3, 0.4) is 0 Å². The van der Waals surface area contributed by atoms with Crippen molar-refractivity contribution in [1.82, 2.24) is 9.78 Å². The lowest BCUT2D eigenvalue weighted by Gasteiger charge is -1.97. The van der Waals surface area contributed by atoms with Gasteiger partial charge in [-0.1, -0.05) is 16.8 Å². The van der Waals surface area contributed by atoms with Crippen LogP contribution in [0.25, 0.3) is 0 Å². The van der Waals surface area contributed by atoms with Crippen molar-refractivity contribution >= 4 is 16.8 Å².